The molecule has 1 aromatic heterocycles. The number of piperidine rings is 1. The number of carbonyl (C=O) groups is 1. The Bertz CT molecular complexity index is 997. The maximum atomic E-state index is 13.5. The second-order valence-corrected chi connectivity index (χ2v) is 7.64. The first-order valence-electron chi connectivity index (χ1n) is 9.91. The molecule has 1 aliphatic heterocycles. The van der Waals surface area contributed by atoms with E-state index in [-0.39, 0.29) is 29.5 Å². The largest absolute Gasteiger partial charge is 0.369 e. The fraction of sp³-hybridized carbons (Fsp3) is 0.333. The third-order valence-corrected chi connectivity index (χ3v) is 5.71. The number of nitrogens with zero attached hydrogens (tertiary/aromatic N) is 4. The number of likely N-dealkylation sites (tertiary alicyclic amines) is 1. The Morgan fingerprint density at radius 1 is 1.07 bits per heavy atom. The molecule has 7 nitrogen and oxygen atoms in total. The van der Waals surface area contributed by atoms with Crippen LogP contribution in [-0.4, -0.2) is 39.2 Å². The molecule has 0 spiro atoms. The molecule has 0 aliphatic carbocycles. The summed E-state index contributed by atoms with van der Waals surface area (Å²) in [4.78, 5) is 12.7. The highest BCUT2D eigenvalue weighted by Crippen LogP contribution is 2.20. The number of aromatic nitrogens is 4. The van der Waals surface area contributed by atoms with Crippen LogP contribution in [0.4, 0.5) is 8.78 Å². The number of hydrogen-bond acceptors (Lipinski definition) is 4. The molecular formula is C21H23F2N6O+. The van der Waals surface area contributed by atoms with Gasteiger partial charge in [0, 0.05) is 24.3 Å². The van der Waals surface area contributed by atoms with Gasteiger partial charge >= 0.3 is 0 Å². The molecule has 30 heavy (non-hydrogen) atoms. The van der Waals surface area contributed by atoms with Gasteiger partial charge < -0.3 is 10.6 Å². The number of rotatable bonds is 6. The van der Waals surface area contributed by atoms with E-state index in [1.54, 1.807) is 28.9 Å². The normalized spacial score (nSPS) is 20.1. The maximum absolute atomic E-state index is 13.5. The van der Waals surface area contributed by atoms with Crippen molar-refractivity contribution in [3.8, 4) is 0 Å². The standard InChI is InChI=1S/C21H22F2N6O/c22-17-5-1-14(2-6-17)13-29-21(25-26-27-29)19(15-3-7-18(23)8-4-15)28-11-9-16(10-12-28)20(24)30/h1-8,16,19H,9-13H2,(H2,24,30)/p+1/t19-/m1/s1. The molecule has 1 amide bonds. The number of nitrogens with one attached hydrogen (secondary N) is 1. The van der Waals surface area contributed by atoms with Crippen LogP contribution in [0, 0.1) is 17.6 Å². The van der Waals surface area contributed by atoms with Gasteiger partial charge in [0.15, 0.2) is 6.04 Å². The van der Waals surface area contributed by atoms with E-state index < -0.39 is 0 Å². The lowest BCUT2D eigenvalue weighted by Gasteiger charge is -2.33. The van der Waals surface area contributed by atoms with Crippen LogP contribution in [0.15, 0.2) is 48.5 Å². The molecule has 4 rings (SSSR count). The predicted molar refractivity (Wildman–Crippen MR) is 104 cm³/mol. The number of hydrogen-bond donors (Lipinski definition) is 2. The van der Waals surface area contributed by atoms with Crippen LogP contribution in [0.2, 0.25) is 0 Å². The van der Waals surface area contributed by atoms with Gasteiger partial charge in [0.1, 0.15) is 11.6 Å². The van der Waals surface area contributed by atoms with Crippen LogP contribution >= 0.6 is 0 Å². The van der Waals surface area contributed by atoms with Crippen molar-refractivity contribution in [3.63, 3.8) is 0 Å². The summed E-state index contributed by atoms with van der Waals surface area (Å²) in [6, 6.07) is 12.3. The Kier molecular flexibility index (Phi) is 5.80. The zero-order chi connectivity index (χ0) is 21.1. The SMILES string of the molecule is NC(=O)C1CC[NH+]([C@H](c2ccc(F)cc2)c2nnnn2Cc2ccc(F)cc2)CC1. The molecule has 1 atom stereocenters. The minimum atomic E-state index is -0.314. The van der Waals surface area contributed by atoms with Gasteiger partial charge in [-0.05, 0) is 52.4 Å². The molecule has 1 saturated heterocycles. The highest BCUT2D eigenvalue weighted by atomic mass is 19.1. The van der Waals surface area contributed by atoms with Crippen LogP contribution in [-0.2, 0) is 11.3 Å². The van der Waals surface area contributed by atoms with Crippen molar-refractivity contribution in [3.05, 3.63) is 77.1 Å². The van der Waals surface area contributed by atoms with E-state index in [1.807, 2.05) is 0 Å². The lowest BCUT2D eigenvalue weighted by atomic mass is 9.93. The summed E-state index contributed by atoms with van der Waals surface area (Å²) >= 11 is 0. The van der Waals surface area contributed by atoms with E-state index in [0.717, 1.165) is 24.2 Å². The highest BCUT2D eigenvalue weighted by Gasteiger charge is 2.36. The van der Waals surface area contributed by atoms with Crippen LogP contribution < -0.4 is 10.6 Å². The van der Waals surface area contributed by atoms with E-state index in [1.165, 1.54) is 29.2 Å². The van der Waals surface area contributed by atoms with E-state index in [9.17, 15) is 13.6 Å². The summed E-state index contributed by atoms with van der Waals surface area (Å²) in [5, 5.41) is 12.3. The predicted octanol–water partition coefficient (Wildman–Crippen LogP) is 0.869. The van der Waals surface area contributed by atoms with Gasteiger partial charge in [-0.2, -0.15) is 0 Å². The molecule has 0 unspecified atom stereocenters. The Morgan fingerprint density at radius 3 is 2.27 bits per heavy atom. The lowest BCUT2D eigenvalue weighted by molar-refractivity contribution is -0.931. The van der Waals surface area contributed by atoms with Crippen molar-refractivity contribution in [2.75, 3.05) is 13.1 Å². The molecule has 1 aliphatic rings. The molecule has 0 saturated carbocycles. The number of nitrogens with two attached hydrogens (primary N) is 1. The minimum absolute atomic E-state index is 0.127. The van der Waals surface area contributed by atoms with Gasteiger partial charge in [-0.1, -0.05) is 12.1 Å². The third-order valence-electron chi connectivity index (χ3n) is 5.71. The summed E-state index contributed by atoms with van der Waals surface area (Å²) in [6.07, 6.45) is 1.36. The molecule has 9 heteroatoms. The summed E-state index contributed by atoms with van der Waals surface area (Å²) in [5.74, 6) is -0.378. The van der Waals surface area contributed by atoms with E-state index in [2.05, 4.69) is 15.5 Å². The summed E-state index contributed by atoms with van der Waals surface area (Å²) in [6.45, 7) is 1.83. The first-order valence-corrected chi connectivity index (χ1v) is 9.91. The second kappa shape index (κ2) is 8.66. The maximum Gasteiger partial charge on any atom is 0.220 e. The Hall–Kier alpha value is -3.20. The quantitative estimate of drug-likeness (QED) is 0.627. The fourth-order valence-corrected chi connectivity index (χ4v) is 4.08. The number of tetrazole rings is 1. The highest BCUT2D eigenvalue weighted by molar-refractivity contribution is 5.76. The molecule has 3 N–H and O–H groups in total. The molecule has 156 valence electrons. The first kappa shape index (κ1) is 20.1. The molecule has 0 bridgehead atoms. The van der Waals surface area contributed by atoms with Gasteiger partial charge in [0.2, 0.25) is 11.7 Å². The first-order chi connectivity index (χ1) is 14.5. The molecule has 1 fully saturated rings. The number of quaternary nitrogens is 1. The Balaban J connectivity index is 1.65. The number of carbonyl (C=O) groups excluding carboxylic acids is 1. The summed E-state index contributed by atoms with van der Waals surface area (Å²) in [7, 11) is 0. The van der Waals surface area contributed by atoms with Gasteiger partial charge in [-0.25, -0.2) is 13.5 Å². The number of benzene rings is 2. The van der Waals surface area contributed by atoms with Crippen LogP contribution in [0.25, 0.3) is 0 Å². The second-order valence-electron chi connectivity index (χ2n) is 7.64. The molecule has 0 radical (unpaired) electrons. The fourth-order valence-electron chi connectivity index (χ4n) is 4.08. The van der Waals surface area contributed by atoms with Crippen molar-refractivity contribution in [1.82, 2.24) is 20.2 Å². The van der Waals surface area contributed by atoms with Crippen molar-refractivity contribution < 1.29 is 18.5 Å². The van der Waals surface area contributed by atoms with Gasteiger partial charge in [0.05, 0.1) is 19.6 Å². The molecule has 2 heterocycles. The number of primary amides is 1. The minimum Gasteiger partial charge on any atom is -0.369 e. The van der Waals surface area contributed by atoms with Crippen molar-refractivity contribution >= 4 is 5.91 Å². The van der Waals surface area contributed by atoms with E-state index >= 15 is 0 Å². The monoisotopic (exact) mass is 413 g/mol. The van der Waals surface area contributed by atoms with Crippen molar-refractivity contribution in [2.24, 2.45) is 11.7 Å². The zero-order valence-corrected chi connectivity index (χ0v) is 16.3. The molecular weight excluding hydrogens is 390 g/mol. The average Bonchev–Trinajstić information content (AvgIpc) is 3.19. The summed E-state index contributed by atoms with van der Waals surface area (Å²) in [5.41, 5.74) is 7.23. The zero-order valence-electron chi connectivity index (χ0n) is 16.3. The van der Waals surface area contributed by atoms with Gasteiger partial charge in [0.25, 0.3) is 0 Å². The van der Waals surface area contributed by atoms with Crippen molar-refractivity contribution in [2.45, 2.75) is 25.4 Å². The van der Waals surface area contributed by atoms with E-state index in [4.69, 9.17) is 5.73 Å². The number of halogens is 2. The van der Waals surface area contributed by atoms with Gasteiger partial charge in [-0.3, -0.25) is 4.79 Å². The van der Waals surface area contributed by atoms with Crippen molar-refractivity contribution in [1.29, 1.82) is 0 Å². The summed E-state index contributed by atoms with van der Waals surface area (Å²) < 4.78 is 28.5. The van der Waals surface area contributed by atoms with Gasteiger partial charge in [-0.15, -0.1) is 5.10 Å². The smallest absolute Gasteiger partial charge is 0.220 e. The van der Waals surface area contributed by atoms with Crippen LogP contribution in [0.1, 0.15) is 35.8 Å². The lowest BCUT2D eigenvalue weighted by Crippen LogP contribution is -3.13. The Morgan fingerprint density at radius 2 is 1.67 bits per heavy atom. The van der Waals surface area contributed by atoms with Crippen LogP contribution in [0.5, 0.6) is 0 Å². The Labute approximate surface area is 172 Å². The third kappa shape index (κ3) is 4.35. The van der Waals surface area contributed by atoms with E-state index in [0.29, 0.717) is 25.2 Å². The number of amides is 1. The van der Waals surface area contributed by atoms with Crippen LogP contribution in [0.3, 0.4) is 0 Å². The molecule has 2 aromatic carbocycles. The molecule has 3 aromatic rings. The average molecular weight is 413 g/mol. The topological polar surface area (TPSA) is 91.1 Å².